The van der Waals surface area contributed by atoms with Gasteiger partial charge < -0.3 is 9.84 Å². The van der Waals surface area contributed by atoms with Crippen LogP contribution < -0.4 is 0 Å². The van der Waals surface area contributed by atoms with E-state index < -0.39 is 17.9 Å². The van der Waals surface area contributed by atoms with Gasteiger partial charge in [-0.1, -0.05) is 30.3 Å². The van der Waals surface area contributed by atoms with Crippen LogP contribution in [0.3, 0.4) is 0 Å². The van der Waals surface area contributed by atoms with Gasteiger partial charge in [0.2, 0.25) is 0 Å². The van der Waals surface area contributed by atoms with E-state index in [9.17, 15) is 14.7 Å². The van der Waals surface area contributed by atoms with Crippen molar-refractivity contribution >= 4 is 11.8 Å². The van der Waals surface area contributed by atoms with Gasteiger partial charge in [0.15, 0.2) is 5.78 Å². The third kappa shape index (κ3) is 3.18. The van der Waals surface area contributed by atoms with Crippen molar-refractivity contribution in [2.45, 2.75) is 12.5 Å². The minimum Gasteiger partial charge on any atom is -0.469 e. The Bertz CT molecular complexity index is 345. The Balaban J connectivity index is 2.65. The number of hydrogen-bond acceptors (Lipinski definition) is 4. The Morgan fingerprint density at radius 3 is 2.47 bits per heavy atom. The van der Waals surface area contributed by atoms with Crippen molar-refractivity contribution < 1.29 is 19.4 Å². The van der Waals surface area contributed by atoms with Crippen LogP contribution in [0.25, 0.3) is 0 Å². The van der Waals surface area contributed by atoms with Gasteiger partial charge in [-0.05, 0) is 0 Å². The molecule has 1 unspecified atom stereocenters. The van der Waals surface area contributed by atoms with Gasteiger partial charge in [-0.15, -0.1) is 0 Å². The Kier molecular flexibility index (Phi) is 4.00. The number of aliphatic hydroxyl groups is 1. The molecule has 1 rings (SSSR count). The molecular formula is C11H12O4. The molecule has 80 valence electrons. The summed E-state index contributed by atoms with van der Waals surface area (Å²) in [6, 6.07) is 8.32. The standard InChI is InChI=1S/C11H12O4/c1-15-10(13)7-9(12)11(14)8-5-3-2-4-6-8/h2-6,9,12H,7H2,1H3. The molecule has 0 aromatic heterocycles. The van der Waals surface area contributed by atoms with E-state index in [1.54, 1.807) is 30.3 Å². The monoisotopic (exact) mass is 208 g/mol. The Morgan fingerprint density at radius 2 is 1.93 bits per heavy atom. The van der Waals surface area contributed by atoms with Crippen molar-refractivity contribution in [2.75, 3.05) is 7.11 Å². The zero-order valence-electron chi connectivity index (χ0n) is 8.34. The number of aliphatic hydroxyl groups excluding tert-OH is 1. The van der Waals surface area contributed by atoms with E-state index in [1.807, 2.05) is 0 Å². The molecule has 0 fully saturated rings. The zero-order valence-corrected chi connectivity index (χ0v) is 8.34. The molecule has 0 aliphatic carbocycles. The van der Waals surface area contributed by atoms with Crippen LogP contribution in [0.4, 0.5) is 0 Å². The Hall–Kier alpha value is -1.68. The fraction of sp³-hybridized carbons (Fsp3) is 0.273. The topological polar surface area (TPSA) is 63.6 Å². The normalized spacial score (nSPS) is 11.9. The highest BCUT2D eigenvalue weighted by atomic mass is 16.5. The number of methoxy groups -OCH3 is 1. The van der Waals surface area contributed by atoms with Gasteiger partial charge in [-0.2, -0.15) is 0 Å². The molecule has 4 heteroatoms. The summed E-state index contributed by atoms with van der Waals surface area (Å²) in [5.74, 6) is -1.08. The Morgan fingerprint density at radius 1 is 1.33 bits per heavy atom. The van der Waals surface area contributed by atoms with Crippen LogP contribution in [-0.2, 0) is 9.53 Å². The molecule has 0 saturated heterocycles. The quantitative estimate of drug-likeness (QED) is 0.587. The summed E-state index contributed by atoms with van der Waals surface area (Å²) in [6.45, 7) is 0. The van der Waals surface area contributed by atoms with Crippen molar-refractivity contribution in [3.05, 3.63) is 35.9 Å². The third-order valence-corrected chi connectivity index (χ3v) is 1.95. The van der Waals surface area contributed by atoms with Gasteiger partial charge in [0.05, 0.1) is 13.5 Å². The van der Waals surface area contributed by atoms with E-state index in [4.69, 9.17) is 0 Å². The average molecular weight is 208 g/mol. The average Bonchev–Trinajstić information content (AvgIpc) is 2.29. The minimum absolute atomic E-state index is 0.315. The first-order valence-electron chi connectivity index (χ1n) is 4.49. The number of Topliss-reactive ketones (excluding diaryl/α,β-unsaturated/α-hetero) is 1. The van der Waals surface area contributed by atoms with Gasteiger partial charge in [0.1, 0.15) is 6.10 Å². The fourth-order valence-corrected chi connectivity index (χ4v) is 1.13. The van der Waals surface area contributed by atoms with E-state index in [0.29, 0.717) is 5.56 Å². The van der Waals surface area contributed by atoms with E-state index in [-0.39, 0.29) is 6.42 Å². The molecule has 0 aliphatic rings. The van der Waals surface area contributed by atoms with Gasteiger partial charge in [0.25, 0.3) is 0 Å². The van der Waals surface area contributed by atoms with E-state index >= 15 is 0 Å². The predicted octanol–water partition coefficient (Wildman–Crippen LogP) is 0.793. The summed E-state index contributed by atoms with van der Waals surface area (Å²) in [5.41, 5.74) is 0.383. The molecule has 0 spiro atoms. The molecule has 15 heavy (non-hydrogen) atoms. The van der Waals surface area contributed by atoms with E-state index in [0.717, 1.165) is 0 Å². The van der Waals surface area contributed by atoms with Crippen molar-refractivity contribution in [3.8, 4) is 0 Å². The van der Waals surface area contributed by atoms with Crippen molar-refractivity contribution in [2.24, 2.45) is 0 Å². The van der Waals surface area contributed by atoms with Crippen LogP contribution in [0.2, 0.25) is 0 Å². The van der Waals surface area contributed by atoms with Crippen molar-refractivity contribution in [3.63, 3.8) is 0 Å². The molecule has 0 amide bonds. The van der Waals surface area contributed by atoms with Crippen LogP contribution >= 0.6 is 0 Å². The van der Waals surface area contributed by atoms with E-state index in [1.165, 1.54) is 7.11 Å². The zero-order chi connectivity index (χ0) is 11.3. The van der Waals surface area contributed by atoms with Crippen LogP contribution in [0.1, 0.15) is 16.8 Å². The summed E-state index contributed by atoms with van der Waals surface area (Å²) in [6.07, 6.45) is -1.65. The molecule has 0 heterocycles. The number of ketones is 1. The van der Waals surface area contributed by atoms with Crippen LogP contribution in [0.15, 0.2) is 30.3 Å². The lowest BCUT2D eigenvalue weighted by molar-refractivity contribution is -0.142. The number of carbonyl (C=O) groups is 2. The highest BCUT2D eigenvalue weighted by molar-refractivity contribution is 6.00. The number of benzene rings is 1. The molecule has 1 N–H and O–H groups in total. The number of rotatable bonds is 4. The van der Waals surface area contributed by atoms with Crippen molar-refractivity contribution in [1.82, 2.24) is 0 Å². The van der Waals surface area contributed by atoms with Gasteiger partial charge >= 0.3 is 5.97 Å². The summed E-state index contributed by atoms with van der Waals surface area (Å²) >= 11 is 0. The van der Waals surface area contributed by atoms with Crippen LogP contribution in [0, 0.1) is 0 Å². The molecule has 1 atom stereocenters. The number of esters is 1. The first-order valence-corrected chi connectivity index (χ1v) is 4.49. The summed E-state index contributed by atoms with van der Waals surface area (Å²) < 4.78 is 4.36. The smallest absolute Gasteiger partial charge is 0.308 e. The molecule has 0 bridgehead atoms. The highest BCUT2D eigenvalue weighted by Gasteiger charge is 2.20. The SMILES string of the molecule is COC(=O)CC(O)C(=O)c1ccccc1. The van der Waals surface area contributed by atoms with Gasteiger partial charge in [0, 0.05) is 5.56 Å². The lowest BCUT2D eigenvalue weighted by Gasteiger charge is -2.07. The molecule has 0 radical (unpaired) electrons. The molecule has 1 aromatic carbocycles. The first-order chi connectivity index (χ1) is 7.15. The lowest BCUT2D eigenvalue weighted by atomic mass is 10.0. The predicted molar refractivity (Wildman–Crippen MR) is 53.4 cm³/mol. The number of ether oxygens (including phenoxy) is 1. The highest BCUT2D eigenvalue weighted by Crippen LogP contribution is 2.06. The largest absolute Gasteiger partial charge is 0.469 e. The molecule has 4 nitrogen and oxygen atoms in total. The summed E-state index contributed by atoms with van der Waals surface area (Å²) in [5, 5.41) is 9.42. The third-order valence-electron chi connectivity index (χ3n) is 1.95. The van der Waals surface area contributed by atoms with Gasteiger partial charge in [-0.3, -0.25) is 9.59 Å². The molecule has 0 saturated carbocycles. The molecule has 1 aromatic rings. The maximum Gasteiger partial charge on any atom is 0.308 e. The van der Waals surface area contributed by atoms with Crippen LogP contribution in [0.5, 0.6) is 0 Å². The Labute approximate surface area is 87.5 Å². The maximum absolute atomic E-state index is 11.5. The summed E-state index contributed by atoms with van der Waals surface area (Å²) in [4.78, 5) is 22.4. The lowest BCUT2D eigenvalue weighted by Crippen LogP contribution is -2.24. The summed E-state index contributed by atoms with van der Waals surface area (Å²) in [7, 11) is 1.21. The van der Waals surface area contributed by atoms with Gasteiger partial charge in [-0.25, -0.2) is 0 Å². The molecular weight excluding hydrogens is 196 g/mol. The second-order valence-electron chi connectivity index (χ2n) is 3.03. The van der Waals surface area contributed by atoms with Crippen molar-refractivity contribution in [1.29, 1.82) is 0 Å². The van der Waals surface area contributed by atoms with E-state index in [2.05, 4.69) is 4.74 Å². The second-order valence-corrected chi connectivity index (χ2v) is 3.03. The maximum atomic E-state index is 11.5. The van der Waals surface area contributed by atoms with Crippen LogP contribution in [-0.4, -0.2) is 30.1 Å². The second kappa shape index (κ2) is 5.26. The fourth-order valence-electron chi connectivity index (χ4n) is 1.13. The number of hydrogen-bond donors (Lipinski definition) is 1. The molecule has 0 aliphatic heterocycles. The first kappa shape index (κ1) is 11.4. The number of carbonyl (C=O) groups excluding carboxylic acids is 2. The minimum atomic E-state index is -1.33.